The average molecular weight is 389 g/mol. The van der Waals surface area contributed by atoms with Gasteiger partial charge in [-0.3, -0.25) is 4.90 Å². The quantitative estimate of drug-likeness (QED) is 0.636. The van der Waals surface area contributed by atoms with Crippen molar-refractivity contribution >= 4 is 16.6 Å². The van der Waals surface area contributed by atoms with Gasteiger partial charge in [0, 0.05) is 23.0 Å². The molecule has 0 amide bonds. The van der Waals surface area contributed by atoms with Gasteiger partial charge in [-0.05, 0) is 56.9 Å². The van der Waals surface area contributed by atoms with Gasteiger partial charge < -0.3 is 13.7 Å². The molecule has 150 valence electrons. The van der Waals surface area contributed by atoms with Crippen molar-refractivity contribution in [3.05, 3.63) is 53.2 Å². The van der Waals surface area contributed by atoms with Crippen LogP contribution in [0.25, 0.3) is 16.6 Å². The van der Waals surface area contributed by atoms with Crippen LogP contribution in [0.15, 0.2) is 34.8 Å². The summed E-state index contributed by atoms with van der Waals surface area (Å²) in [7, 11) is 1.64. The number of ether oxygens (including phenoxy) is 1. The van der Waals surface area contributed by atoms with Crippen molar-refractivity contribution in [2.75, 3.05) is 20.2 Å². The fraction of sp³-hybridized carbons (Fsp3) is 0.458. The summed E-state index contributed by atoms with van der Waals surface area (Å²) in [6.07, 6.45) is 7.17. The molecule has 3 aliphatic rings. The second-order valence-corrected chi connectivity index (χ2v) is 8.72. The third-order valence-corrected chi connectivity index (χ3v) is 7.41. The van der Waals surface area contributed by atoms with E-state index in [1.165, 1.54) is 41.5 Å². The van der Waals surface area contributed by atoms with Gasteiger partial charge >= 0.3 is 5.95 Å². The Morgan fingerprint density at radius 1 is 1.28 bits per heavy atom. The number of nitrogens with zero attached hydrogens (tertiary/aromatic N) is 3. The van der Waals surface area contributed by atoms with E-state index in [0.29, 0.717) is 17.9 Å². The lowest BCUT2D eigenvalue weighted by Gasteiger charge is -2.53. The predicted molar refractivity (Wildman–Crippen MR) is 113 cm³/mol. The highest BCUT2D eigenvalue weighted by atomic mass is 16.6. The second-order valence-electron chi connectivity index (χ2n) is 8.72. The highest BCUT2D eigenvalue weighted by Gasteiger charge is 2.50. The summed E-state index contributed by atoms with van der Waals surface area (Å²) in [4.78, 5) is 7.49. The summed E-state index contributed by atoms with van der Waals surface area (Å²) in [6.45, 7) is 6.63. The highest BCUT2D eigenvalue weighted by molar-refractivity contribution is 5.91. The van der Waals surface area contributed by atoms with Crippen molar-refractivity contribution in [2.45, 2.75) is 45.6 Å². The number of benzene rings is 1. The van der Waals surface area contributed by atoms with Crippen LogP contribution in [0.2, 0.25) is 0 Å². The largest absolute Gasteiger partial charge is 0.467 e. The summed E-state index contributed by atoms with van der Waals surface area (Å²) in [5.41, 5.74) is 6.25. The van der Waals surface area contributed by atoms with Gasteiger partial charge in [0.2, 0.25) is 5.89 Å². The zero-order chi connectivity index (χ0) is 19.8. The predicted octanol–water partition coefficient (Wildman–Crippen LogP) is 4.94. The molecule has 2 aromatic heterocycles. The zero-order valence-electron chi connectivity index (χ0n) is 17.4. The Morgan fingerprint density at radius 3 is 2.93 bits per heavy atom. The molecule has 2 atom stereocenters. The van der Waals surface area contributed by atoms with Crippen LogP contribution >= 0.6 is 0 Å². The number of hydrogen-bond acceptors (Lipinski definition) is 4. The topological polar surface area (TPSA) is 43.4 Å². The Morgan fingerprint density at radius 2 is 2.14 bits per heavy atom. The number of piperidine rings is 1. The molecule has 0 saturated carbocycles. The molecule has 1 aromatic carbocycles. The van der Waals surface area contributed by atoms with Gasteiger partial charge in [-0.1, -0.05) is 25.1 Å². The molecule has 5 nitrogen and oxygen atoms in total. The Kier molecular flexibility index (Phi) is 3.58. The number of rotatable bonds is 3. The van der Waals surface area contributed by atoms with E-state index >= 15 is 0 Å². The van der Waals surface area contributed by atoms with E-state index < -0.39 is 0 Å². The number of oxazole rings is 1. The summed E-state index contributed by atoms with van der Waals surface area (Å²) >= 11 is 0. The first-order chi connectivity index (χ1) is 14.2. The van der Waals surface area contributed by atoms with Crippen molar-refractivity contribution in [1.29, 1.82) is 0 Å². The minimum Gasteiger partial charge on any atom is -0.467 e. The maximum atomic E-state index is 6.10. The lowest BCUT2D eigenvalue weighted by atomic mass is 9.66. The Balaban J connectivity index is 1.70. The SMILES string of the molecule is CC[C@@]12C=C(c3nc(C)c(OC)o3)n3c4c(c5ccccc53)CCN(CCC1)C42. The van der Waals surface area contributed by atoms with Crippen molar-refractivity contribution in [1.82, 2.24) is 14.5 Å². The van der Waals surface area contributed by atoms with Gasteiger partial charge in [0.15, 0.2) is 0 Å². The normalized spacial score (nSPS) is 25.8. The van der Waals surface area contributed by atoms with Crippen LogP contribution in [0.5, 0.6) is 5.95 Å². The number of methoxy groups -OCH3 is 1. The van der Waals surface area contributed by atoms with Crippen LogP contribution in [0.3, 0.4) is 0 Å². The van der Waals surface area contributed by atoms with Gasteiger partial charge in [0.25, 0.3) is 0 Å². The molecular formula is C24H27N3O2. The van der Waals surface area contributed by atoms with Gasteiger partial charge in [-0.15, -0.1) is 0 Å². The maximum Gasteiger partial charge on any atom is 0.308 e. The molecule has 0 aliphatic carbocycles. The molecule has 1 unspecified atom stereocenters. The van der Waals surface area contributed by atoms with Crippen LogP contribution in [-0.2, 0) is 6.42 Å². The minimum absolute atomic E-state index is 0.128. The molecule has 0 spiro atoms. The number of para-hydroxylation sites is 1. The second kappa shape index (κ2) is 5.99. The number of fused-ring (bicyclic) bond motifs is 3. The Labute approximate surface area is 171 Å². The van der Waals surface area contributed by atoms with Crippen molar-refractivity contribution in [3.8, 4) is 5.95 Å². The molecule has 0 N–H and O–H groups in total. The number of aryl methyl sites for hydroxylation is 1. The Bertz CT molecular complexity index is 1150. The summed E-state index contributed by atoms with van der Waals surface area (Å²) in [5.74, 6) is 1.17. The van der Waals surface area contributed by atoms with Gasteiger partial charge in [0.05, 0.1) is 18.7 Å². The maximum absolute atomic E-state index is 6.10. The average Bonchev–Trinajstić information content (AvgIpc) is 3.30. The van der Waals surface area contributed by atoms with Crippen LogP contribution in [-0.4, -0.2) is 34.7 Å². The van der Waals surface area contributed by atoms with Crippen molar-refractivity contribution in [2.24, 2.45) is 5.41 Å². The summed E-state index contributed by atoms with van der Waals surface area (Å²) < 4.78 is 13.9. The van der Waals surface area contributed by atoms with E-state index in [1.54, 1.807) is 7.11 Å². The van der Waals surface area contributed by atoms with Crippen LogP contribution in [0.4, 0.5) is 0 Å². The van der Waals surface area contributed by atoms with Crippen molar-refractivity contribution < 1.29 is 9.15 Å². The fourth-order valence-electron chi connectivity index (χ4n) is 6.12. The van der Waals surface area contributed by atoms with Gasteiger partial charge in [-0.2, -0.15) is 0 Å². The molecule has 6 rings (SSSR count). The van der Waals surface area contributed by atoms with E-state index in [4.69, 9.17) is 14.1 Å². The van der Waals surface area contributed by atoms with E-state index in [9.17, 15) is 0 Å². The van der Waals surface area contributed by atoms with Gasteiger partial charge in [0.1, 0.15) is 11.4 Å². The van der Waals surface area contributed by atoms with Crippen molar-refractivity contribution in [3.63, 3.8) is 0 Å². The number of hydrogen-bond donors (Lipinski definition) is 0. The first kappa shape index (κ1) is 17.3. The van der Waals surface area contributed by atoms with Gasteiger partial charge in [-0.25, -0.2) is 4.98 Å². The standard InChI is InChI=1S/C24H27N3O2/c1-4-24-11-7-12-26-13-10-17-16-8-5-6-9-18(16)27(20(17)21(24)26)19(14-24)22-25-15(2)23(28-3)29-22/h5-6,8-9,14,21H,4,7,10-13H2,1-3H3/t21?,24-/m0/s1. The molecule has 29 heavy (non-hydrogen) atoms. The first-order valence-electron chi connectivity index (χ1n) is 10.8. The van der Waals surface area contributed by atoms with E-state index in [-0.39, 0.29) is 5.41 Å². The lowest BCUT2D eigenvalue weighted by molar-refractivity contribution is 0.0269. The fourth-order valence-corrected chi connectivity index (χ4v) is 6.12. The molecule has 5 heterocycles. The molecule has 0 bridgehead atoms. The van der Waals surface area contributed by atoms with Crippen LogP contribution in [0, 0.1) is 12.3 Å². The Hall–Kier alpha value is -2.53. The molecule has 3 aromatic rings. The molecule has 0 radical (unpaired) electrons. The first-order valence-corrected chi connectivity index (χ1v) is 10.8. The van der Waals surface area contributed by atoms with E-state index in [0.717, 1.165) is 30.8 Å². The smallest absolute Gasteiger partial charge is 0.308 e. The summed E-state index contributed by atoms with van der Waals surface area (Å²) in [5, 5.41) is 1.38. The molecule has 1 saturated heterocycles. The molecular weight excluding hydrogens is 362 g/mol. The third-order valence-electron chi connectivity index (χ3n) is 7.41. The molecule has 1 fully saturated rings. The summed E-state index contributed by atoms with van der Waals surface area (Å²) in [6, 6.07) is 9.25. The zero-order valence-corrected chi connectivity index (χ0v) is 17.4. The van der Waals surface area contributed by atoms with Crippen LogP contribution < -0.4 is 4.74 Å². The number of aromatic nitrogens is 2. The van der Waals surface area contributed by atoms with E-state index in [1.807, 2.05) is 6.92 Å². The highest BCUT2D eigenvalue weighted by Crippen LogP contribution is 2.57. The lowest BCUT2D eigenvalue weighted by Crippen LogP contribution is -2.50. The third kappa shape index (κ3) is 2.17. The molecule has 3 aliphatic heterocycles. The monoisotopic (exact) mass is 389 g/mol. The van der Waals surface area contributed by atoms with Crippen LogP contribution in [0.1, 0.15) is 55.1 Å². The van der Waals surface area contributed by atoms with E-state index in [2.05, 4.69) is 46.7 Å². The minimum atomic E-state index is 0.128. The molecule has 5 heteroatoms.